The van der Waals surface area contributed by atoms with Crippen molar-refractivity contribution in [2.75, 3.05) is 4.31 Å². The van der Waals surface area contributed by atoms with Crippen LogP contribution in [0.4, 0.5) is 10.1 Å². The molecule has 1 N–H and O–H groups in total. The standard InChI is InChI=1S/C17H18FNO4S/c1-11(2)17(21)19(15-6-4-5-12(3)16(15)20)24(22,23)14-9-7-13(18)8-10-14/h4-11,20H,1-3H3. The zero-order chi connectivity index (χ0) is 18.1. The van der Waals surface area contributed by atoms with Crippen LogP contribution < -0.4 is 4.31 Å². The van der Waals surface area contributed by atoms with E-state index in [1.165, 1.54) is 6.07 Å². The number of phenols is 1. The first-order valence-electron chi connectivity index (χ1n) is 7.29. The second-order valence-electron chi connectivity index (χ2n) is 5.66. The molecule has 0 radical (unpaired) electrons. The summed E-state index contributed by atoms with van der Waals surface area (Å²) in [5.74, 6) is -2.20. The number of benzene rings is 2. The van der Waals surface area contributed by atoms with Crippen LogP contribution in [0.1, 0.15) is 19.4 Å². The van der Waals surface area contributed by atoms with Gasteiger partial charge in [-0.3, -0.25) is 4.79 Å². The Bertz CT molecular complexity index is 861. The molecule has 0 unspecified atom stereocenters. The van der Waals surface area contributed by atoms with Crippen molar-refractivity contribution in [3.63, 3.8) is 0 Å². The second kappa shape index (κ2) is 6.60. The molecule has 24 heavy (non-hydrogen) atoms. The van der Waals surface area contributed by atoms with E-state index in [0.717, 1.165) is 24.3 Å². The lowest BCUT2D eigenvalue weighted by Gasteiger charge is -2.25. The van der Waals surface area contributed by atoms with Crippen LogP contribution in [-0.2, 0) is 14.8 Å². The first-order chi connectivity index (χ1) is 11.2. The van der Waals surface area contributed by atoms with Gasteiger partial charge in [0, 0.05) is 5.92 Å². The number of rotatable bonds is 4. The van der Waals surface area contributed by atoms with E-state index < -0.39 is 27.7 Å². The molecule has 0 heterocycles. The fraction of sp³-hybridized carbons (Fsp3) is 0.235. The third-order valence-corrected chi connectivity index (χ3v) is 5.21. The van der Waals surface area contributed by atoms with Gasteiger partial charge in [0.05, 0.1) is 4.90 Å². The van der Waals surface area contributed by atoms with Gasteiger partial charge >= 0.3 is 0 Å². The SMILES string of the molecule is Cc1cccc(N(C(=O)C(C)C)S(=O)(=O)c2ccc(F)cc2)c1O. The predicted octanol–water partition coefficient (Wildman–Crippen LogP) is 3.22. The van der Waals surface area contributed by atoms with E-state index in [9.17, 15) is 22.7 Å². The van der Waals surface area contributed by atoms with Gasteiger partial charge in [-0.05, 0) is 42.8 Å². The van der Waals surface area contributed by atoms with Crippen LogP contribution in [0.3, 0.4) is 0 Å². The normalized spacial score (nSPS) is 11.5. The summed E-state index contributed by atoms with van der Waals surface area (Å²) in [6.07, 6.45) is 0. The number of hydrogen-bond acceptors (Lipinski definition) is 4. The Morgan fingerprint density at radius 2 is 1.71 bits per heavy atom. The van der Waals surface area contributed by atoms with Crippen molar-refractivity contribution < 1.29 is 22.7 Å². The number of aromatic hydroxyl groups is 1. The quantitative estimate of drug-likeness (QED) is 0.918. The van der Waals surface area contributed by atoms with Crippen molar-refractivity contribution in [2.45, 2.75) is 25.7 Å². The van der Waals surface area contributed by atoms with Gasteiger partial charge in [0.2, 0.25) is 5.91 Å². The molecule has 128 valence electrons. The Kier molecular flexibility index (Phi) is 4.94. The molecule has 0 saturated carbocycles. The highest BCUT2D eigenvalue weighted by atomic mass is 32.2. The van der Waals surface area contributed by atoms with Gasteiger partial charge in [-0.2, -0.15) is 4.31 Å². The van der Waals surface area contributed by atoms with Crippen molar-refractivity contribution in [1.29, 1.82) is 0 Å². The lowest BCUT2D eigenvalue weighted by Crippen LogP contribution is -2.39. The fourth-order valence-corrected chi connectivity index (χ4v) is 3.67. The molecule has 2 rings (SSSR count). The molecule has 2 aromatic carbocycles. The molecule has 0 saturated heterocycles. The fourth-order valence-electron chi connectivity index (χ4n) is 2.12. The Labute approximate surface area is 140 Å². The van der Waals surface area contributed by atoms with Gasteiger partial charge in [0.1, 0.15) is 17.3 Å². The van der Waals surface area contributed by atoms with E-state index in [1.54, 1.807) is 32.9 Å². The van der Waals surface area contributed by atoms with Crippen molar-refractivity contribution in [3.05, 3.63) is 53.8 Å². The predicted molar refractivity (Wildman–Crippen MR) is 88.8 cm³/mol. The summed E-state index contributed by atoms with van der Waals surface area (Å²) in [4.78, 5) is 12.3. The first-order valence-corrected chi connectivity index (χ1v) is 8.73. The van der Waals surface area contributed by atoms with Crippen molar-refractivity contribution in [1.82, 2.24) is 0 Å². The Morgan fingerprint density at radius 3 is 2.25 bits per heavy atom. The molecule has 0 atom stereocenters. The lowest BCUT2D eigenvalue weighted by molar-refractivity contribution is -0.120. The second-order valence-corrected chi connectivity index (χ2v) is 7.45. The summed E-state index contributed by atoms with van der Waals surface area (Å²) >= 11 is 0. The van der Waals surface area contributed by atoms with Crippen molar-refractivity contribution >= 4 is 21.6 Å². The van der Waals surface area contributed by atoms with Crippen LogP contribution in [0.25, 0.3) is 0 Å². The van der Waals surface area contributed by atoms with Gasteiger partial charge in [-0.15, -0.1) is 0 Å². The van der Waals surface area contributed by atoms with E-state index in [4.69, 9.17) is 0 Å². The molecule has 0 spiro atoms. The minimum atomic E-state index is -4.30. The van der Waals surface area contributed by atoms with E-state index >= 15 is 0 Å². The van der Waals surface area contributed by atoms with Crippen LogP contribution in [-0.4, -0.2) is 19.4 Å². The van der Waals surface area contributed by atoms with E-state index in [1.807, 2.05) is 0 Å². The van der Waals surface area contributed by atoms with Crippen LogP contribution in [0.2, 0.25) is 0 Å². The molecule has 0 bridgehead atoms. The minimum Gasteiger partial charge on any atom is -0.505 e. The van der Waals surface area contributed by atoms with Gasteiger partial charge < -0.3 is 5.11 Å². The maximum Gasteiger partial charge on any atom is 0.271 e. The zero-order valence-electron chi connectivity index (χ0n) is 13.5. The highest BCUT2D eigenvalue weighted by Crippen LogP contribution is 2.35. The average Bonchev–Trinajstić information content (AvgIpc) is 2.51. The van der Waals surface area contributed by atoms with Crippen LogP contribution in [0.5, 0.6) is 5.75 Å². The average molecular weight is 351 g/mol. The first kappa shape index (κ1) is 17.9. The van der Waals surface area contributed by atoms with Crippen LogP contribution >= 0.6 is 0 Å². The van der Waals surface area contributed by atoms with Gasteiger partial charge in [0.25, 0.3) is 10.0 Å². The monoisotopic (exact) mass is 351 g/mol. The maximum absolute atomic E-state index is 13.1. The minimum absolute atomic E-state index is 0.127. The molecule has 0 aliphatic heterocycles. The largest absolute Gasteiger partial charge is 0.505 e. The Balaban J connectivity index is 2.69. The van der Waals surface area contributed by atoms with Crippen molar-refractivity contribution in [3.8, 4) is 5.75 Å². The summed E-state index contributed by atoms with van der Waals surface area (Å²) in [6, 6.07) is 8.66. The van der Waals surface area contributed by atoms with Gasteiger partial charge in [-0.25, -0.2) is 12.8 Å². The van der Waals surface area contributed by atoms with Gasteiger partial charge in [-0.1, -0.05) is 26.0 Å². The lowest BCUT2D eigenvalue weighted by atomic mass is 10.1. The summed E-state index contributed by atoms with van der Waals surface area (Å²) < 4.78 is 39.5. The highest BCUT2D eigenvalue weighted by molar-refractivity contribution is 7.93. The molecule has 5 nitrogen and oxygen atoms in total. The number of hydrogen-bond donors (Lipinski definition) is 1. The van der Waals surface area contributed by atoms with Crippen LogP contribution in [0, 0.1) is 18.7 Å². The third kappa shape index (κ3) is 3.26. The molecule has 2 aromatic rings. The smallest absolute Gasteiger partial charge is 0.271 e. The molecular weight excluding hydrogens is 333 g/mol. The molecule has 0 aromatic heterocycles. The van der Waals surface area contributed by atoms with Crippen LogP contribution in [0.15, 0.2) is 47.4 Å². The summed E-state index contributed by atoms with van der Waals surface area (Å²) in [6.45, 7) is 4.71. The summed E-state index contributed by atoms with van der Waals surface area (Å²) in [5, 5.41) is 10.2. The number of phenolic OH excluding ortho intramolecular Hbond substituents is 1. The van der Waals surface area contributed by atoms with E-state index in [2.05, 4.69) is 0 Å². The summed E-state index contributed by atoms with van der Waals surface area (Å²) in [7, 11) is -4.30. The number of aryl methyl sites for hydroxylation is 1. The van der Waals surface area contributed by atoms with Crippen molar-refractivity contribution in [2.24, 2.45) is 5.92 Å². The molecular formula is C17H18FNO4S. The topological polar surface area (TPSA) is 74.7 Å². The number of amides is 1. The zero-order valence-corrected chi connectivity index (χ0v) is 14.3. The molecule has 0 aliphatic carbocycles. The number of para-hydroxylation sites is 1. The molecule has 0 fully saturated rings. The van der Waals surface area contributed by atoms with E-state index in [0.29, 0.717) is 9.87 Å². The highest BCUT2D eigenvalue weighted by Gasteiger charge is 2.34. The molecule has 1 amide bonds. The summed E-state index contributed by atoms with van der Waals surface area (Å²) in [5.41, 5.74) is 0.307. The maximum atomic E-state index is 13.1. The number of halogens is 1. The number of carbonyl (C=O) groups is 1. The number of anilines is 1. The Morgan fingerprint density at radius 1 is 1.12 bits per heavy atom. The van der Waals surface area contributed by atoms with Gasteiger partial charge in [0.15, 0.2) is 0 Å². The number of sulfonamides is 1. The molecule has 7 heteroatoms. The third-order valence-electron chi connectivity index (χ3n) is 3.48. The molecule has 0 aliphatic rings. The number of carbonyl (C=O) groups excluding carboxylic acids is 1. The Hall–Kier alpha value is -2.41. The number of nitrogens with zero attached hydrogens (tertiary/aromatic N) is 1. The van der Waals surface area contributed by atoms with E-state index in [-0.39, 0.29) is 16.3 Å².